The number of nitrogens with zero attached hydrogens (tertiary/aromatic N) is 1. The highest BCUT2D eigenvalue weighted by molar-refractivity contribution is 7.16. The summed E-state index contributed by atoms with van der Waals surface area (Å²) < 4.78 is 6.27. The number of hydrogen-bond donors (Lipinski definition) is 1. The second-order valence-corrected chi connectivity index (χ2v) is 7.52. The minimum Gasteiger partial charge on any atom is -0.439 e. The Hall–Kier alpha value is -2.52. The third-order valence-electron chi connectivity index (χ3n) is 4.26. The van der Waals surface area contributed by atoms with E-state index >= 15 is 0 Å². The van der Waals surface area contributed by atoms with E-state index in [1.807, 2.05) is 24.3 Å². The maximum atomic E-state index is 12.9. The van der Waals surface area contributed by atoms with Gasteiger partial charge in [0.2, 0.25) is 10.6 Å². The van der Waals surface area contributed by atoms with Gasteiger partial charge in [0.05, 0.1) is 11.5 Å². The highest BCUT2D eigenvalue weighted by atomic mass is 35.5. The van der Waals surface area contributed by atoms with Crippen LogP contribution in [0.25, 0.3) is 10.1 Å². The number of fused-ring (bicyclic) bond motifs is 3. The minimum atomic E-state index is -0.779. The molecule has 0 amide bonds. The summed E-state index contributed by atoms with van der Waals surface area (Å²) in [5.41, 5.74) is 6.94. The summed E-state index contributed by atoms with van der Waals surface area (Å²) >= 11 is 13.8. The summed E-state index contributed by atoms with van der Waals surface area (Å²) in [6.07, 6.45) is 0. The van der Waals surface area contributed by atoms with Gasteiger partial charge >= 0.3 is 0 Å². The minimum absolute atomic E-state index is 0.0539. The molecule has 1 atom stereocenters. The van der Waals surface area contributed by atoms with Crippen molar-refractivity contribution in [2.24, 2.45) is 5.73 Å². The Balaban J connectivity index is 2.15. The van der Waals surface area contributed by atoms with Gasteiger partial charge in [-0.2, -0.15) is 5.26 Å². The van der Waals surface area contributed by atoms with Crippen LogP contribution < -0.4 is 15.2 Å². The fourth-order valence-electron chi connectivity index (χ4n) is 3.14. The lowest BCUT2D eigenvalue weighted by molar-refractivity contribution is 0.398. The predicted octanol–water partition coefficient (Wildman–Crippen LogP) is 4.79. The van der Waals surface area contributed by atoms with Gasteiger partial charge in [-0.1, -0.05) is 52.7 Å². The van der Waals surface area contributed by atoms with Crippen LogP contribution in [-0.4, -0.2) is 0 Å². The second-order valence-electron chi connectivity index (χ2n) is 5.69. The molecule has 0 spiro atoms. The zero-order chi connectivity index (χ0) is 18.4. The molecule has 0 bridgehead atoms. The summed E-state index contributed by atoms with van der Waals surface area (Å²) in [4.78, 5) is 12.9. The average Bonchev–Trinajstić information content (AvgIpc) is 2.61. The van der Waals surface area contributed by atoms with Crippen molar-refractivity contribution in [2.75, 3.05) is 0 Å². The quantitative estimate of drug-likeness (QED) is 0.636. The van der Waals surface area contributed by atoms with Crippen molar-refractivity contribution in [3.8, 4) is 11.8 Å². The van der Waals surface area contributed by atoms with Gasteiger partial charge in [-0.3, -0.25) is 4.79 Å². The van der Waals surface area contributed by atoms with Crippen LogP contribution in [0.3, 0.4) is 0 Å². The lowest BCUT2D eigenvalue weighted by Gasteiger charge is -2.27. The van der Waals surface area contributed by atoms with Crippen molar-refractivity contribution < 1.29 is 4.74 Å². The molecular formula is C19H10Cl2N2O2S. The zero-order valence-corrected chi connectivity index (χ0v) is 15.5. The molecule has 2 heterocycles. The molecule has 26 heavy (non-hydrogen) atoms. The number of nitrogens with two attached hydrogens (primary N) is 1. The normalized spacial score (nSPS) is 16.1. The number of allylic oxidation sites excluding steroid dienone is 1. The Morgan fingerprint density at radius 1 is 1.08 bits per heavy atom. The summed E-state index contributed by atoms with van der Waals surface area (Å²) in [6.45, 7) is 0. The molecule has 0 fully saturated rings. The first-order valence-electron chi connectivity index (χ1n) is 7.60. The summed E-state index contributed by atoms with van der Waals surface area (Å²) in [7, 11) is 0. The van der Waals surface area contributed by atoms with E-state index in [1.165, 1.54) is 0 Å². The van der Waals surface area contributed by atoms with Crippen LogP contribution in [0.2, 0.25) is 10.0 Å². The summed E-state index contributed by atoms with van der Waals surface area (Å²) in [6, 6.07) is 14.5. The third kappa shape index (κ3) is 2.46. The topological polar surface area (TPSA) is 76.1 Å². The van der Waals surface area contributed by atoms with Crippen LogP contribution in [-0.2, 0) is 0 Å². The Bertz CT molecular complexity index is 1170. The molecule has 4 nitrogen and oxygen atoms in total. The van der Waals surface area contributed by atoms with Crippen LogP contribution in [0.1, 0.15) is 17.0 Å². The molecule has 0 saturated heterocycles. The molecule has 2 aromatic carbocycles. The number of benzene rings is 2. The maximum Gasteiger partial charge on any atom is 0.240 e. The first kappa shape index (κ1) is 16.9. The average molecular weight is 401 g/mol. The Morgan fingerprint density at radius 2 is 1.77 bits per heavy atom. The van der Waals surface area contributed by atoms with Crippen molar-refractivity contribution in [1.82, 2.24) is 0 Å². The van der Waals surface area contributed by atoms with Gasteiger partial charge in [-0.05, 0) is 24.3 Å². The fraction of sp³-hybridized carbons (Fsp3) is 0.0526. The van der Waals surface area contributed by atoms with Crippen LogP contribution in [0.15, 0.2) is 58.7 Å². The predicted molar refractivity (Wildman–Crippen MR) is 104 cm³/mol. The zero-order valence-electron chi connectivity index (χ0n) is 13.1. The number of ether oxygens (including phenoxy) is 1. The van der Waals surface area contributed by atoms with Gasteiger partial charge in [0, 0.05) is 25.7 Å². The Morgan fingerprint density at radius 3 is 2.46 bits per heavy atom. The van der Waals surface area contributed by atoms with E-state index in [-0.39, 0.29) is 16.2 Å². The van der Waals surface area contributed by atoms with Gasteiger partial charge < -0.3 is 10.5 Å². The van der Waals surface area contributed by atoms with Gasteiger partial charge in [0.25, 0.3) is 0 Å². The lowest BCUT2D eigenvalue weighted by Crippen LogP contribution is -2.26. The monoisotopic (exact) mass is 400 g/mol. The Labute approximate surface area is 162 Å². The molecule has 3 aromatic rings. The lowest BCUT2D eigenvalue weighted by atomic mass is 9.84. The van der Waals surface area contributed by atoms with E-state index in [1.54, 1.807) is 18.2 Å². The molecule has 0 saturated carbocycles. The van der Waals surface area contributed by atoms with E-state index in [0.29, 0.717) is 26.9 Å². The molecule has 2 N–H and O–H groups in total. The highest BCUT2D eigenvalue weighted by Gasteiger charge is 2.36. The number of hydrogen-bond acceptors (Lipinski definition) is 5. The SMILES string of the molecule is N#CC1=C(N)Oc2c(c(=O)sc3ccccc23)[C@H]1c1c(Cl)cccc1Cl. The van der Waals surface area contributed by atoms with Crippen LogP contribution >= 0.6 is 34.5 Å². The van der Waals surface area contributed by atoms with Gasteiger partial charge in [0.1, 0.15) is 17.4 Å². The first-order chi connectivity index (χ1) is 12.5. The molecule has 1 aromatic heterocycles. The van der Waals surface area contributed by atoms with E-state index in [0.717, 1.165) is 21.4 Å². The molecule has 128 valence electrons. The maximum absolute atomic E-state index is 12.9. The molecule has 7 heteroatoms. The second kappa shape index (κ2) is 6.33. The van der Waals surface area contributed by atoms with Crippen molar-refractivity contribution in [2.45, 2.75) is 5.92 Å². The molecule has 0 aliphatic carbocycles. The van der Waals surface area contributed by atoms with Crippen molar-refractivity contribution in [3.63, 3.8) is 0 Å². The summed E-state index contributed by atoms with van der Waals surface area (Å²) in [5, 5.41) is 11.1. The van der Waals surface area contributed by atoms with Gasteiger partial charge in [0.15, 0.2) is 0 Å². The largest absolute Gasteiger partial charge is 0.439 e. The summed E-state index contributed by atoms with van der Waals surface area (Å²) in [5.74, 6) is -0.484. The van der Waals surface area contributed by atoms with Crippen molar-refractivity contribution in [1.29, 1.82) is 5.26 Å². The molecule has 0 radical (unpaired) electrons. The van der Waals surface area contributed by atoms with Crippen molar-refractivity contribution >= 4 is 44.6 Å². The van der Waals surface area contributed by atoms with Crippen LogP contribution in [0.4, 0.5) is 0 Å². The molecular weight excluding hydrogens is 391 g/mol. The third-order valence-corrected chi connectivity index (χ3v) is 5.90. The smallest absolute Gasteiger partial charge is 0.240 e. The van der Waals surface area contributed by atoms with Gasteiger partial charge in [-0.15, -0.1) is 0 Å². The first-order valence-corrected chi connectivity index (χ1v) is 9.17. The standard InChI is InChI=1S/C19H10Cl2N2O2S/c20-11-5-3-6-12(21)15(11)14-10(8-22)18(23)25-17-9-4-1-2-7-13(9)26-19(24)16(14)17/h1-7,14H,23H2/t14-/m1/s1. The van der Waals surface area contributed by atoms with E-state index < -0.39 is 5.92 Å². The van der Waals surface area contributed by atoms with E-state index in [4.69, 9.17) is 33.7 Å². The fourth-order valence-corrected chi connectivity index (χ4v) is 4.69. The molecule has 4 rings (SSSR count). The Kier molecular flexibility index (Phi) is 4.12. The van der Waals surface area contributed by atoms with Crippen molar-refractivity contribution in [3.05, 3.63) is 84.6 Å². The molecule has 0 unspecified atom stereocenters. The molecule has 1 aliphatic heterocycles. The van der Waals surface area contributed by atoms with E-state index in [9.17, 15) is 10.1 Å². The van der Waals surface area contributed by atoms with Crippen LogP contribution in [0.5, 0.6) is 5.75 Å². The number of nitriles is 1. The molecule has 1 aliphatic rings. The van der Waals surface area contributed by atoms with E-state index in [2.05, 4.69) is 6.07 Å². The number of halogens is 2. The van der Waals surface area contributed by atoms with Crippen LogP contribution in [0, 0.1) is 11.3 Å². The van der Waals surface area contributed by atoms with Gasteiger partial charge in [-0.25, -0.2) is 0 Å². The number of rotatable bonds is 1. The highest BCUT2D eigenvalue weighted by Crippen LogP contribution is 2.47.